The highest BCUT2D eigenvalue weighted by Gasteiger charge is 2.51. The van der Waals surface area contributed by atoms with E-state index in [2.05, 4.69) is 5.32 Å². The molecule has 2 aliphatic rings. The summed E-state index contributed by atoms with van der Waals surface area (Å²) in [5.41, 5.74) is 1.99. The second-order valence-corrected chi connectivity index (χ2v) is 10.6. The lowest BCUT2D eigenvalue weighted by Crippen LogP contribution is -2.52. The summed E-state index contributed by atoms with van der Waals surface area (Å²) in [4.78, 5) is 41.5. The highest BCUT2D eigenvalue weighted by atomic mass is 19.1. The van der Waals surface area contributed by atoms with E-state index in [1.165, 1.54) is 36.4 Å². The molecule has 1 aliphatic heterocycles. The molecule has 9 heteroatoms. The number of benzene rings is 2. The standard InChI is InChI=1S/C29H35F2N3O4/c30-22-10-8-20(9-11-22)5-4-16-29(19-25(35)33-38)17-18-34(28(29)37)26(21-6-2-1-3-7-21)27(36)32-24-14-12-23(31)13-15-24/h8-15,21,26,38H,1-7,16-19H2,(H,32,36)(H,33,35)/t26-,29+/m1/s1. The van der Waals surface area contributed by atoms with E-state index in [1.807, 2.05) is 0 Å². The molecule has 0 spiro atoms. The number of amides is 3. The zero-order valence-electron chi connectivity index (χ0n) is 21.4. The molecule has 2 atom stereocenters. The molecule has 1 saturated carbocycles. The fourth-order valence-electron chi connectivity index (χ4n) is 6.04. The Labute approximate surface area is 221 Å². The fraction of sp³-hybridized carbons (Fsp3) is 0.483. The Morgan fingerprint density at radius 2 is 1.63 bits per heavy atom. The van der Waals surface area contributed by atoms with Crippen LogP contribution in [0.1, 0.15) is 63.4 Å². The molecule has 4 rings (SSSR count). The van der Waals surface area contributed by atoms with Gasteiger partial charge in [-0.25, -0.2) is 14.3 Å². The number of aryl methyl sites for hydroxylation is 1. The van der Waals surface area contributed by atoms with E-state index in [0.29, 0.717) is 37.9 Å². The zero-order chi connectivity index (χ0) is 27.1. The second-order valence-electron chi connectivity index (χ2n) is 10.6. The first-order valence-corrected chi connectivity index (χ1v) is 13.4. The number of halogens is 2. The van der Waals surface area contributed by atoms with Gasteiger partial charge in [0.1, 0.15) is 17.7 Å². The summed E-state index contributed by atoms with van der Waals surface area (Å²) in [5, 5.41) is 12.1. The van der Waals surface area contributed by atoms with Gasteiger partial charge in [0, 0.05) is 18.7 Å². The molecule has 0 aromatic heterocycles. The third-order valence-corrected chi connectivity index (χ3v) is 8.02. The van der Waals surface area contributed by atoms with Gasteiger partial charge in [0.15, 0.2) is 0 Å². The van der Waals surface area contributed by atoms with Crippen LogP contribution in [0.3, 0.4) is 0 Å². The van der Waals surface area contributed by atoms with Crippen molar-refractivity contribution in [1.82, 2.24) is 10.4 Å². The Hall–Kier alpha value is -3.33. The molecular weight excluding hydrogens is 492 g/mol. The number of carbonyl (C=O) groups is 3. The summed E-state index contributed by atoms with van der Waals surface area (Å²) in [6, 6.07) is 11.0. The summed E-state index contributed by atoms with van der Waals surface area (Å²) >= 11 is 0. The van der Waals surface area contributed by atoms with Gasteiger partial charge in [-0.1, -0.05) is 31.4 Å². The van der Waals surface area contributed by atoms with Gasteiger partial charge in [0.25, 0.3) is 0 Å². The number of likely N-dealkylation sites (tertiary alicyclic amines) is 1. The molecule has 2 fully saturated rings. The van der Waals surface area contributed by atoms with Crippen molar-refractivity contribution in [2.45, 2.75) is 70.3 Å². The summed E-state index contributed by atoms with van der Waals surface area (Å²) in [6.07, 6.45) is 6.46. The van der Waals surface area contributed by atoms with Crippen molar-refractivity contribution < 1.29 is 28.4 Å². The topological polar surface area (TPSA) is 98.7 Å². The molecule has 2 aromatic rings. The highest BCUT2D eigenvalue weighted by molar-refractivity contribution is 5.99. The van der Waals surface area contributed by atoms with Gasteiger partial charge >= 0.3 is 0 Å². The number of hydroxylamine groups is 1. The van der Waals surface area contributed by atoms with Crippen molar-refractivity contribution >= 4 is 23.4 Å². The average molecular weight is 528 g/mol. The molecule has 2 aromatic carbocycles. The van der Waals surface area contributed by atoms with E-state index in [9.17, 15) is 28.4 Å². The van der Waals surface area contributed by atoms with Crippen LogP contribution in [-0.2, 0) is 20.8 Å². The summed E-state index contributed by atoms with van der Waals surface area (Å²) < 4.78 is 26.7. The number of hydrogen-bond donors (Lipinski definition) is 3. The number of rotatable bonds is 10. The first-order valence-electron chi connectivity index (χ1n) is 13.4. The molecule has 0 radical (unpaired) electrons. The molecule has 38 heavy (non-hydrogen) atoms. The van der Waals surface area contributed by atoms with Crippen LogP contribution in [0, 0.1) is 23.0 Å². The van der Waals surface area contributed by atoms with E-state index < -0.39 is 23.2 Å². The monoisotopic (exact) mass is 527 g/mol. The molecule has 1 saturated heterocycles. The van der Waals surface area contributed by atoms with E-state index in [-0.39, 0.29) is 30.0 Å². The minimum Gasteiger partial charge on any atom is -0.330 e. The fourth-order valence-corrected chi connectivity index (χ4v) is 6.04. The first kappa shape index (κ1) is 27.7. The molecule has 3 amide bonds. The second kappa shape index (κ2) is 12.5. The van der Waals surface area contributed by atoms with Crippen molar-refractivity contribution in [3.05, 3.63) is 65.7 Å². The summed E-state index contributed by atoms with van der Waals surface area (Å²) in [7, 11) is 0. The van der Waals surface area contributed by atoms with E-state index in [0.717, 1.165) is 37.7 Å². The summed E-state index contributed by atoms with van der Waals surface area (Å²) in [5.74, 6) is -1.97. The quantitative estimate of drug-likeness (QED) is 0.300. The van der Waals surface area contributed by atoms with Gasteiger partial charge in [0.05, 0.1) is 5.41 Å². The zero-order valence-corrected chi connectivity index (χ0v) is 21.4. The Balaban J connectivity index is 1.54. The van der Waals surface area contributed by atoms with Gasteiger partial charge in [-0.15, -0.1) is 0 Å². The Morgan fingerprint density at radius 3 is 2.26 bits per heavy atom. The van der Waals surface area contributed by atoms with E-state index in [4.69, 9.17) is 0 Å². The predicted octanol–water partition coefficient (Wildman–Crippen LogP) is 4.99. The van der Waals surface area contributed by atoms with Crippen LogP contribution in [0.5, 0.6) is 0 Å². The van der Waals surface area contributed by atoms with Crippen LogP contribution in [0.25, 0.3) is 0 Å². The molecule has 1 aliphatic carbocycles. The maximum absolute atomic E-state index is 14.0. The van der Waals surface area contributed by atoms with Crippen molar-refractivity contribution in [2.24, 2.45) is 11.3 Å². The van der Waals surface area contributed by atoms with E-state index in [1.54, 1.807) is 22.5 Å². The van der Waals surface area contributed by atoms with Crippen LogP contribution in [0.15, 0.2) is 48.5 Å². The van der Waals surface area contributed by atoms with Gasteiger partial charge in [-0.3, -0.25) is 19.6 Å². The highest BCUT2D eigenvalue weighted by Crippen LogP contribution is 2.43. The maximum Gasteiger partial charge on any atom is 0.247 e. The largest absolute Gasteiger partial charge is 0.330 e. The molecule has 1 heterocycles. The van der Waals surface area contributed by atoms with Crippen LogP contribution in [0.4, 0.5) is 14.5 Å². The molecule has 0 bridgehead atoms. The van der Waals surface area contributed by atoms with Crippen molar-refractivity contribution in [1.29, 1.82) is 0 Å². The van der Waals surface area contributed by atoms with Crippen molar-refractivity contribution in [3.63, 3.8) is 0 Å². The SMILES string of the molecule is O=C(C[C@]1(CCCc2ccc(F)cc2)CCN([C@@H](C(=O)Nc2ccc(F)cc2)C2CCCCC2)C1=O)NO. The van der Waals surface area contributed by atoms with E-state index >= 15 is 0 Å². The Bertz CT molecular complexity index is 1120. The van der Waals surface area contributed by atoms with Crippen molar-refractivity contribution in [3.8, 4) is 0 Å². The van der Waals surface area contributed by atoms with Crippen LogP contribution < -0.4 is 10.8 Å². The number of anilines is 1. The predicted molar refractivity (Wildman–Crippen MR) is 138 cm³/mol. The minimum absolute atomic E-state index is 0.0187. The number of nitrogens with zero attached hydrogens (tertiary/aromatic N) is 1. The molecule has 7 nitrogen and oxygen atoms in total. The van der Waals surface area contributed by atoms with Crippen molar-refractivity contribution in [2.75, 3.05) is 11.9 Å². The minimum atomic E-state index is -1.05. The van der Waals surface area contributed by atoms with Gasteiger partial charge in [0.2, 0.25) is 17.7 Å². The number of hydrogen-bond acceptors (Lipinski definition) is 4. The van der Waals surface area contributed by atoms with Gasteiger partial charge in [-0.2, -0.15) is 0 Å². The van der Waals surface area contributed by atoms with Crippen LogP contribution in [0.2, 0.25) is 0 Å². The molecular formula is C29H35F2N3O4. The third-order valence-electron chi connectivity index (χ3n) is 8.02. The smallest absolute Gasteiger partial charge is 0.247 e. The lowest BCUT2D eigenvalue weighted by Gasteiger charge is -2.37. The molecule has 204 valence electrons. The normalized spacial score (nSPS) is 20.8. The van der Waals surface area contributed by atoms with Gasteiger partial charge < -0.3 is 10.2 Å². The first-order chi connectivity index (χ1) is 18.3. The Morgan fingerprint density at radius 1 is 1.00 bits per heavy atom. The number of carbonyl (C=O) groups excluding carboxylic acids is 3. The van der Waals surface area contributed by atoms with Crippen LogP contribution in [-0.4, -0.2) is 40.4 Å². The lowest BCUT2D eigenvalue weighted by atomic mass is 9.77. The lowest BCUT2D eigenvalue weighted by molar-refractivity contribution is -0.147. The third kappa shape index (κ3) is 6.56. The number of nitrogens with one attached hydrogen (secondary N) is 2. The summed E-state index contributed by atoms with van der Waals surface area (Å²) in [6.45, 7) is 0.325. The Kier molecular flexibility index (Phi) is 9.09. The van der Waals surface area contributed by atoms with Crippen LogP contribution >= 0.6 is 0 Å². The maximum atomic E-state index is 14.0. The van der Waals surface area contributed by atoms with Gasteiger partial charge in [-0.05, 0) is 86.4 Å². The molecule has 3 N–H and O–H groups in total. The average Bonchev–Trinajstić information content (AvgIpc) is 3.22. The molecule has 0 unspecified atom stereocenters.